The van der Waals surface area contributed by atoms with Crippen LogP contribution in [0, 0.1) is 0 Å². The molecule has 1 aliphatic carbocycles. The molecule has 3 rings (SSSR count). The van der Waals surface area contributed by atoms with E-state index in [9.17, 15) is 0 Å². The van der Waals surface area contributed by atoms with Gasteiger partial charge in [0.25, 0.3) is 0 Å². The molecule has 0 saturated carbocycles. The van der Waals surface area contributed by atoms with Gasteiger partial charge >= 0.3 is 0 Å². The molecule has 0 aliphatic heterocycles. The van der Waals surface area contributed by atoms with E-state index in [-0.39, 0.29) is 4.83 Å². The number of alkyl halides is 2. The minimum absolute atomic E-state index is 0.270. The molecule has 0 amide bonds. The Kier molecular flexibility index (Phi) is 2.35. The van der Waals surface area contributed by atoms with Gasteiger partial charge in [0.1, 0.15) is 0 Å². The molecule has 0 N–H and O–H groups in total. The highest BCUT2D eigenvalue weighted by Gasteiger charge is 2.32. The van der Waals surface area contributed by atoms with Gasteiger partial charge in [-0.1, -0.05) is 67.7 Å². The molecule has 0 heterocycles. The Hall–Kier alpha value is -0.0500. The number of hydrogen-bond acceptors (Lipinski definition) is 0. The topological polar surface area (TPSA) is 0 Å². The molecule has 0 bridgehead atoms. The first-order valence-electron chi connectivity index (χ1n) is 4.69. The quantitative estimate of drug-likeness (QED) is 0.562. The van der Waals surface area contributed by atoms with Crippen molar-refractivity contribution in [2.75, 3.05) is 0 Å². The van der Waals surface area contributed by atoms with Crippen molar-refractivity contribution in [3.63, 3.8) is 0 Å². The van der Waals surface area contributed by atoms with Gasteiger partial charge in [-0.3, -0.25) is 0 Å². The van der Waals surface area contributed by atoms with Crippen LogP contribution in [-0.2, 0) is 0 Å². The second-order valence-corrected chi connectivity index (χ2v) is 6.09. The zero-order chi connectivity index (χ0) is 10.6. The normalized spacial score (nSPS) is 23.7. The molecule has 0 radical (unpaired) electrons. The fourth-order valence-electron chi connectivity index (χ4n) is 2.21. The Bertz CT molecular complexity index is 551. The van der Waals surface area contributed by atoms with Crippen LogP contribution in [0.4, 0.5) is 0 Å². The van der Waals surface area contributed by atoms with E-state index >= 15 is 0 Å². The summed E-state index contributed by atoms with van der Waals surface area (Å²) in [5, 5.41) is 3.41. The second-order valence-electron chi connectivity index (χ2n) is 3.71. The SMILES string of the molecule is Clc1ccc2cccc3c2c1[C@H](Br)[C@@H]3Br. The Morgan fingerprint density at radius 3 is 2.60 bits per heavy atom. The van der Waals surface area contributed by atoms with Gasteiger partial charge in [-0.05, 0) is 28.0 Å². The molecule has 2 aromatic carbocycles. The number of halogens is 3. The zero-order valence-electron chi connectivity index (χ0n) is 7.68. The van der Waals surface area contributed by atoms with Crippen molar-refractivity contribution in [2.24, 2.45) is 0 Å². The summed E-state index contributed by atoms with van der Waals surface area (Å²) in [6, 6.07) is 10.4. The van der Waals surface area contributed by atoms with Gasteiger partial charge < -0.3 is 0 Å². The molecular weight excluding hydrogens is 339 g/mol. The summed E-state index contributed by atoms with van der Waals surface area (Å²) in [6.45, 7) is 0. The molecule has 3 heteroatoms. The summed E-state index contributed by atoms with van der Waals surface area (Å²) in [5.74, 6) is 0. The van der Waals surface area contributed by atoms with Crippen LogP contribution in [0.1, 0.15) is 20.8 Å². The van der Waals surface area contributed by atoms with E-state index in [1.54, 1.807) is 0 Å². The Labute approximate surface area is 110 Å². The van der Waals surface area contributed by atoms with Gasteiger partial charge in [0, 0.05) is 5.02 Å². The maximum absolute atomic E-state index is 6.25. The lowest BCUT2D eigenvalue weighted by Crippen LogP contribution is -1.88. The molecule has 0 fully saturated rings. The van der Waals surface area contributed by atoms with Crippen LogP contribution in [0.5, 0.6) is 0 Å². The summed E-state index contributed by atoms with van der Waals surface area (Å²) in [4.78, 5) is 0.585. The predicted octanol–water partition coefficient (Wildman–Crippen LogP) is 5.38. The highest BCUT2D eigenvalue weighted by atomic mass is 79.9. The van der Waals surface area contributed by atoms with Crippen LogP contribution in [-0.4, -0.2) is 0 Å². The highest BCUT2D eigenvalue weighted by Crippen LogP contribution is 2.54. The Balaban J connectivity index is 2.51. The summed E-state index contributed by atoms with van der Waals surface area (Å²) in [6.07, 6.45) is 0. The first-order valence-corrected chi connectivity index (χ1v) is 6.90. The molecule has 0 spiro atoms. The lowest BCUT2D eigenvalue weighted by molar-refractivity contribution is 0.999. The van der Waals surface area contributed by atoms with Gasteiger partial charge in [0.15, 0.2) is 0 Å². The van der Waals surface area contributed by atoms with Gasteiger partial charge in [-0.25, -0.2) is 0 Å². The fourth-order valence-corrected chi connectivity index (χ4v) is 4.03. The van der Waals surface area contributed by atoms with Crippen molar-refractivity contribution in [2.45, 2.75) is 9.65 Å². The zero-order valence-corrected chi connectivity index (χ0v) is 11.6. The average molecular weight is 346 g/mol. The number of hydrogen-bond donors (Lipinski definition) is 0. The summed E-state index contributed by atoms with van der Waals surface area (Å²) in [7, 11) is 0. The minimum atomic E-state index is 0.270. The maximum Gasteiger partial charge on any atom is 0.0582 e. The molecule has 2 atom stereocenters. The van der Waals surface area contributed by atoms with Gasteiger partial charge in [-0.15, -0.1) is 0 Å². The van der Waals surface area contributed by atoms with Crippen LogP contribution >= 0.6 is 43.5 Å². The average Bonchev–Trinajstić information content (AvgIpc) is 2.50. The van der Waals surface area contributed by atoms with E-state index in [0.717, 1.165) is 5.02 Å². The van der Waals surface area contributed by atoms with Gasteiger partial charge in [0.05, 0.1) is 9.65 Å². The lowest BCUT2D eigenvalue weighted by atomic mass is 10.1. The molecular formula is C12H7Br2Cl. The van der Waals surface area contributed by atoms with Gasteiger partial charge in [0.2, 0.25) is 0 Å². The number of rotatable bonds is 0. The first-order chi connectivity index (χ1) is 7.20. The van der Waals surface area contributed by atoms with Crippen molar-refractivity contribution < 1.29 is 0 Å². The van der Waals surface area contributed by atoms with Crippen molar-refractivity contribution in [3.05, 3.63) is 46.5 Å². The first kappa shape index (κ1) is 10.1. The molecule has 0 nitrogen and oxygen atoms in total. The third-order valence-corrected chi connectivity index (χ3v) is 5.94. The summed E-state index contributed by atoms with van der Waals surface area (Å²) < 4.78 is 0. The third kappa shape index (κ3) is 1.31. The Morgan fingerprint density at radius 2 is 1.80 bits per heavy atom. The van der Waals surface area contributed by atoms with E-state index in [0.29, 0.717) is 4.83 Å². The largest absolute Gasteiger partial charge is 0.0840 e. The van der Waals surface area contributed by atoms with Crippen LogP contribution in [0.15, 0.2) is 30.3 Å². The molecule has 76 valence electrons. The van der Waals surface area contributed by atoms with Crippen molar-refractivity contribution in [1.82, 2.24) is 0 Å². The van der Waals surface area contributed by atoms with Crippen LogP contribution in [0.3, 0.4) is 0 Å². The van der Waals surface area contributed by atoms with Crippen molar-refractivity contribution in [3.8, 4) is 0 Å². The van der Waals surface area contributed by atoms with Crippen molar-refractivity contribution in [1.29, 1.82) is 0 Å². The molecule has 0 saturated heterocycles. The van der Waals surface area contributed by atoms with E-state index in [4.69, 9.17) is 11.6 Å². The van der Waals surface area contributed by atoms with E-state index in [2.05, 4.69) is 56.1 Å². The molecule has 15 heavy (non-hydrogen) atoms. The minimum Gasteiger partial charge on any atom is -0.0840 e. The molecule has 0 aromatic heterocycles. The maximum atomic E-state index is 6.25. The number of benzene rings is 2. The van der Waals surface area contributed by atoms with E-state index < -0.39 is 0 Å². The Morgan fingerprint density at radius 1 is 1.00 bits per heavy atom. The summed E-state index contributed by atoms with van der Waals surface area (Å²) in [5.41, 5.74) is 2.54. The lowest BCUT2D eigenvalue weighted by Gasteiger charge is -2.08. The monoisotopic (exact) mass is 344 g/mol. The van der Waals surface area contributed by atoms with E-state index in [1.165, 1.54) is 21.9 Å². The van der Waals surface area contributed by atoms with Crippen LogP contribution < -0.4 is 0 Å². The predicted molar refractivity (Wildman–Crippen MR) is 72.3 cm³/mol. The summed E-state index contributed by atoms with van der Waals surface area (Å²) >= 11 is 13.6. The van der Waals surface area contributed by atoms with Crippen LogP contribution in [0.25, 0.3) is 10.8 Å². The smallest absolute Gasteiger partial charge is 0.0582 e. The van der Waals surface area contributed by atoms with Gasteiger partial charge in [-0.2, -0.15) is 0 Å². The molecule has 1 aliphatic rings. The second kappa shape index (κ2) is 3.47. The van der Waals surface area contributed by atoms with E-state index in [1.807, 2.05) is 6.07 Å². The van der Waals surface area contributed by atoms with Crippen LogP contribution in [0.2, 0.25) is 5.02 Å². The molecule has 2 aromatic rings. The third-order valence-electron chi connectivity index (χ3n) is 2.89. The fraction of sp³-hybridized carbons (Fsp3) is 0.167. The highest BCUT2D eigenvalue weighted by molar-refractivity contribution is 9.12. The molecule has 0 unspecified atom stereocenters. The van der Waals surface area contributed by atoms with Crippen molar-refractivity contribution >= 4 is 54.2 Å². The standard InChI is InChI=1S/C12H7Br2Cl/c13-11-7-3-1-2-6-4-5-8(15)10(9(6)7)12(11)14/h1-5,11-12H/t11-,12+/m1/s1.